The van der Waals surface area contributed by atoms with Gasteiger partial charge < -0.3 is 14.7 Å². The van der Waals surface area contributed by atoms with E-state index in [1.54, 1.807) is 24.1 Å². The Morgan fingerprint density at radius 2 is 1.59 bits per heavy atom. The molecule has 0 bridgehead atoms. The molecular weight excluding hydrogens is 406 g/mol. The van der Waals surface area contributed by atoms with E-state index >= 15 is 0 Å². The average molecular weight is 438 g/mol. The number of aromatic hydroxyl groups is 1. The minimum Gasteiger partial charge on any atom is -0.508 e. The highest BCUT2D eigenvalue weighted by Gasteiger charge is 2.57. The Kier molecular flexibility index (Phi) is 6.77. The number of piperidine rings is 1. The van der Waals surface area contributed by atoms with Crippen LogP contribution in [0, 0.1) is 0 Å². The summed E-state index contributed by atoms with van der Waals surface area (Å²) < 4.78 is 5.19. The molecule has 2 aliphatic heterocycles. The van der Waals surface area contributed by atoms with Crippen molar-refractivity contribution in [1.82, 2.24) is 14.7 Å². The zero-order valence-corrected chi connectivity index (χ0v) is 18.6. The van der Waals surface area contributed by atoms with Gasteiger partial charge in [-0.15, -0.1) is 0 Å². The summed E-state index contributed by atoms with van der Waals surface area (Å²) in [6.07, 6.45) is 1.94. The number of ether oxygens (including phenoxy) is 1. The maximum Gasteiger partial charge on any atom is 0.327 e. The maximum absolute atomic E-state index is 13.6. The summed E-state index contributed by atoms with van der Waals surface area (Å²) in [5.74, 6) is 0.180. The van der Waals surface area contributed by atoms with Gasteiger partial charge in [0.15, 0.2) is 0 Å². The van der Waals surface area contributed by atoms with Crippen molar-refractivity contribution in [3.05, 3.63) is 65.7 Å². The molecule has 32 heavy (non-hydrogen) atoms. The first-order valence-corrected chi connectivity index (χ1v) is 11.2. The van der Waals surface area contributed by atoms with Gasteiger partial charge in [-0.3, -0.25) is 14.6 Å². The van der Waals surface area contributed by atoms with Crippen molar-refractivity contribution in [3.8, 4) is 5.75 Å². The number of methoxy groups -OCH3 is 1. The van der Waals surface area contributed by atoms with Gasteiger partial charge in [-0.2, -0.15) is 0 Å². The van der Waals surface area contributed by atoms with Gasteiger partial charge in [-0.1, -0.05) is 42.5 Å². The van der Waals surface area contributed by atoms with Gasteiger partial charge in [-0.25, -0.2) is 4.79 Å². The number of urea groups is 1. The van der Waals surface area contributed by atoms with Crippen LogP contribution in [0.25, 0.3) is 0 Å². The molecule has 0 aliphatic carbocycles. The third-order valence-electron chi connectivity index (χ3n) is 6.56. The number of rotatable bonds is 8. The molecular formula is C25H31N3O4. The molecule has 0 atom stereocenters. The number of phenols is 1. The van der Waals surface area contributed by atoms with Gasteiger partial charge in [0.1, 0.15) is 11.3 Å². The Morgan fingerprint density at radius 1 is 0.938 bits per heavy atom. The number of amides is 3. The van der Waals surface area contributed by atoms with Crippen LogP contribution in [-0.4, -0.2) is 70.6 Å². The fraction of sp³-hybridized carbons (Fsp3) is 0.440. The number of likely N-dealkylation sites (tertiary alicyclic amines) is 1. The molecule has 2 saturated heterocycles. The molecule has 0 aromatic heterocycles. The molecule has 0 unspecified atom stereocenters. The predicted octanol–water partition coefficient (Wildman–Crippen LogP) is 3.23. The van der Waals surface area contributed by atoms with Crippen LogP contribution in [0.5, 0.6) is 5.75 Å². The van der Waals surface area contributed by atoms with Crippen LogP contribution in [0.15, 0.2) is 54.6 Å². The van der Waals surface area contributed by atoms with Crippen molar-refractivity contribution >= 4 is 11.9 Å². The number of benzene rings is 2. The Bertz CT molecular complexity index is 924. The Labute approximate surface area is 189 Å². The molecule has 2 aromatic carbocycles. The second-order valence-corrected chi connectivity index (χ2v) is 8.63. The van der Waals surface area contributed by atoms with Crippen LogP contribution in [0.1, 0.15) is 30.4 Å². The van der Waals surface area contributed by atoms with Crippen LogP contribution >= 0.6 is 0 Å². The second-order valence-electron chi connectivity index (χ2n) is 8.63. The van der Waals surface area contributed by atoms with E-state index in [0.29, 0.717) is 39.0 Å². The SMILES string of the molecule is COCCCN1C(=O)N(Cc2ccccc2)C(=O)C12CCN(Cc1ccc(O)cc1)CC2. The molecule has 0 saturated carbocycles. The molecule has 7 heteroatoms. The van der Waals surface area contributed by atoms with Crippen LogP contribution in [0.2, 0.25) is 0 Å². The highest BCUT2D eigenvalue weighted by molar-refractivity contribution is 6.07. The van der Waals surface area contributed by atoms with Gasteiger partial charge in [0.05, 0.1) is 6.54 Å². The summed E-state index contributed by atoms with van der Waals surface area (Å²) in [4.78, 5) is 32.5. The van der Waals surface area contributed by atoms with Crippen molar-refractivity contribution < 1.29 is 19.4 Å². The van der Waals surface area contributed by atoms with E-state index in [1.807, 2.05) is 42.5 Å². The quantitative estimate of drug-likeness (QED) is 0.507. The van der Waals surface area contributed by atoms with Gasteiger partial charge in [0.2, 0.25) is 0 Å². The molecule has 2 aromatic rings. The fourth-order valence-electron chi connectivity index (χ4n) is 4.79. The number of nitrogens with zero attached hydrogens (tertiary/aromatic N) is 3. The molecule has 3 amide bonds. The molecule has 0 radical (unpaired) electrons. The number of hydrogen-bond acceptors (Lipinski definition) is 5. The Balaban J connectivity index is 1.49. The van der Waals surface area contributed by atoms with E-state index < -0.39 is 5.54 Å². The van der Waals surface area contributed by atoms with Gasteiger partial charge in [0.25, 0.3) is 5.91 Å². The lowest BCUT2D eigenvalue weighted by Crippen LogP contribution is -2.56. The first kappa shape index (κ1) is 22.3. The topological polar surface area (TPSA) is 73.3 Å². The minimum atomic E-state index is -0.773. The van der Waals surface area contributed by atoms with E-state index in [9.17, 15) is 14.7 Å². The zero-order chi connectivity index (χ0) is 22.6. The highest BCUT2D eigenvalue weighted by Crippen LogP contribution is 2.38. The van der Waals surface area contributed by atoms with Gasteiger partial charge in [0, 0.05) is 39.9 Å². The summed E-state index contributed by atoms with van der Waals surface area (Å²) in [7, 11) is 1.65. The number of imide groups is 1. The van der Waals surface area contributed by atoms with E-state index in [0.717, 1.165) is 30.8 Å². The summed E-state index contributed by atoms with van der Waals surface area (Å²) in [6, 6.07) is 16.7. The van der Waals surface area contributed by atoms with E-state index in [-0.39, 0.29) is 17.7 Å². The third kappa shape index (κ3) is 4.49. The van der Waals surface area contributed by atoms with E-state index in [1.165, 1.54) is 4.90 Å². The van der Waals surface area contributed by atoms with Crippen molar-refractivity contribution in [2.24, 2.45) is 0 Å². The summed E-state index contributed by atoms with van der Waals surface area (Å²) in [5.41, 5.74) is 1.30. The number of phenolic OH excluding ortho intramolecular Hbond substituents is 1. The number of carbonyl (C=O) groups excluding carboxylic acids is 2. The van der Waals surface area contributed by atoms with Crippen LogP contribution in [-0.2, 0) is 22.6 Å². The molecule has 4 rings (SSSR count). The van der Waals surface area contributed by atoms with Crippen LogP contribution < -0.4 is 0 Å². The molecule has 2 aliphatic rings. The van der Waals surface area contributed by atoms with E-state index in [4.69, 9.17) is 4.74 Å². The van der Waals surface area contributed by atoms with Gasteiger partial charge >= 0.3 is 6.03 Å². The lowest BCUT2D eigenvalue weighted by atomic mass is 9.85. The molecule has 1 spiro atoms. The standard InChI is InChI=1S/C25H31N3O4/c1-32-17-5-14-28-24(31)27(19-20-6-3-2-4-7-20)23(30)25(28)12-15-26(16-13-25)18-21-8-10-22(29)11-9-21/h2-4,6-11,29H,5,12-19H2,1H3. The smallest absolute Gasteiger partial charge is 0.327 e. The first-order chi connectivity index (χ1) is 15.5. The van der Waals surface area contributed by atoms with Crippen molar-refractivity contribution in [1.29, 1.82) is 0 Å². The van der Waals surface area contributed by atoms with Crippen LogP contribution in [0.3, 0.4) is 0 Å². The van der Waals surface area contributed by atoms with E-state index in [2.05, 4.69) is 4.90 Å². The fourth-order valence-corrected chi connectivity index (χ4v) is 4.79. The van der Waals surface area contributed by atoms with Crippen molar-refractivity contribution in [2.45, 2.75) is 37.9 Å². The Hall–Kier alpha value is -2.90. The highest BCUT2D eigenvalue weighted by atomic mass is 16.5. The summed E-state index contributed by atoms with van der Waals surface area (Å²) in [5, 5.41) is 9.50. The molecule has 2 fully saturated rings. The Morgan fingerprint density at radius 3 is 2.25 bits per heavy atom. The largest absolute Gasteiger partial charge is 0.508 e. The molecule has 2 heterocycles. The van der Waals surface area contributed by atoms with Crippen molar-refractivity contribution in [3.63, 3.8) is 0 Å². The summed E-state index contributed by atoms with van der Waals surface area (Å²) >= 11 is 0. The lowest BCUT2D eigenvalue weighted by Gasteiger charge is -2.42. The maximum atomic E-state index is 13.6. The monoisotopic (exact) mass is 437 g/mol. The van der Waals surface area contributed by atoms with Crippen LogP contribution in [0.4, 0.5) is 4.79 Å². The second kappa shape index (κ2) is 9.71. The van der Waals surface area contributed by atoms with Gasteiger partial charge in [-0.05, 0) is 42.5 Å². The first-order valence-electron chi connectivity index (χ1n) is 11.2. The molecule has 1 N–H and O–H groups in total. The minimum absolute atomic E-state index is 0.0759. The zero-order valence-electron chi connectivity index (χ0n) is 18.6. The normalized spacial score (nSPS) is 18.7. The average Bonchev–Trinajstić information content (AvgIpc) is 2.99. The predicted molar refractivity (Wildman–Crippen MR) is 121 cm³/mol. The number of carbonyl (C=O) groups is 2. The molecule has 7 nitrogen and oxygen atoms in total. The lowest BCUT2D eigenvalue weighted by molar-refractivity contribution is -0.136. The third-order valence-corrected chi connectivity index (χ3v) is 6.56. The molecule has 170 valence electrons. The summed E-state index contributed by atoms with van der Waals surface area (Å²) in [6.45, 7) is 3.61. The number of hydrogen-bond donors (Lipinski definition) is 1. The van der Waals surface area contributed by atoms with Crippen molar-refractivity contribution in [2.75, 3.05) is 33.4 Å².